The van der Waals surface area contributed by atoms with Gasteiger partial charge in [-0.25, -0.2) is 4.98 Å². The Kier molecular flexibility index (Phi) is 5.43. The zero-order valence-corrected chi connectivity index (χ0v) is 18.0. The molecule has 158 valence electrons. The van der Waals surface area contributed by atoms with Gasteiger partial charge < -0.3 is 14.2 Å². The van der Waals surface area contributed by atoms with E-state index >= 15 is 0 Å². The smallest absolute Gasteiger partial charge is 0.255 e. The highest BCUT2D eigenvalue weighted by atomic mass is 32.2. The minimum Gasteiger partial charge on any atom is -0.339 e. The van der Waals surface area contributed by atoms with Gasteiger partial charge >= 0.3 is 0 Å². The fourth-order valence-corrected chi connectivity index (χ4v) is 4.09. The molecule has 0 bridgehead atoms. The van der Waals surface area contributed by atoms with E-state index in [9.17, 15) is 4.79 Å². The Morgan fingerprint density at radius 3 is 2.62 bits per heavy atom. The van der Waals surface area contributed by atoms with Crippen LogP contribution in [0, 0.1) is 6.92 Å². The number of hydrogen-bond donors (Lipinski definition) is 1. The Hall–Kier alpha value is -3.91. The van der Waals surface area contributed by atoms with Crippen LogP contribution in [0.4, 0.5) is 5.69 Å². The summed E-state index contributed by atoms with van der Waals surface area (Å²) < 4.78 is 7.08. The minimum atomic E-state index is -0.199. The van der Waals surface area contributed by atoms with Crippen LogP contribution in [0.15, 0.2) is 88.5 Å². The summed E-state index contributed by atoms with van der Waals surface area (Å²) in [6.45, 7) is 1.73. The van der Waals surface area contributed by atoms with Gasteiger partial charge in [0.15, 0.2) is 0 Å². The number of aryl methyl sites for hydroxylation is 1. The number of nitrogens with zero attached hydrogens (tertiary/aromatic N) is 4. The monoisotopic (exact) mass is 441 g/mol. The van der Waals surface area contributed by atoms with Crippen LogP contribution in [0.1, 0.15) is 21.9 Å². The zero-order chi connectivity index (χ0) is 21.9. The molecule has 8 heteroatoms. The van der Waals surface area contributed by atoms with E-state index in [0.717, 1.165) is 22.0 Å². The number of amides is 1. The molecule has 3 aromatic heterocycles. The summed E-state index contributed by atoms with van der Waals surface area (Å²) in [6, 6.07) is 20.9. The number of imidazole rings is 1. The Morgan fingerprint density at radius 2 is 1.84 bits per heavy atom. The molecule has 32 heavy (non-hydrogen) atoms. The van der Waals surface area contributed by atoms with E-state index in [4.69, 9.17) is 4.52 Å². The van der Waals surface area contributed by atoms with Gasteiger partial charge in [0.2, 0.25) is 11.7 Å². The van der Waals surface area contributed by atoms with Crippen molar-refractivity contribution in [3.8, 4) is 11.4 Å². The average Bonchev–Trinajstić information content (AvgIpc) is 3.44. The quantitative estimate of drug-likeness (QED) is 0.363. The summed E-state index contributed by atoms with van der Waals surface area (Å²) in [7, 11) is 0. The van der Waals surface area contributed by atoms with Crippen LogP contribution in [0.5, 0.6) is 0 Å². The molecule has 0 aliphatic carbocycles. The highest BCUT2D eigenvalue weighted by molar-refractivity contribution is 7.98. The predicted molar refractivity (Wildman–Crippen MR) is 124 cm³/mol. The molecule has 0 fully saturated rings. The van der Waals surface area contributed by atoms with Gasteiger partial charge in [-0.15, -0.1) is 11.8 Å². The number of fused-ring (bicyclic) bond motifs is 1. The second-order valence-corrected chi connectivity index (χ2v) is 8.20. The number of rotatable bonds is 6. The number of carbonyl (C=O) groups excluding carboxylic acids is 1. The highest BCUT2D eigenvalue weighted by Gasteiger charge is 2.14. The molecule has 0 atom stereocenters. The van der Waals surface area contributed by atoms with Crippen LogP contribution in [0.2, 0.25) is 0 Å². The van der Waals surface area contributed by atoms with Gasteiger partial charge in [0, 0.05) is 41.1 Å². The molecule has 1 N–H and O–H groups in total. The lowest BCUT2D eigenvalue weighted by Gasteiger charge is -2.09. The van der Waals surface area contributed by atoms with Gasteiger partial charge in [-0.05, 0) is 48.5 Å². The second kappa shape index (κ2) is 8.68. The largest absolute Gasteiger partial charge is 0.339 e. The normalized spacial score (nSPS) is 11.0. The van der Waals surface area contributed by atoms with E-state index in [0.29, 0.717) is 28.5 Å². The molecule has 0 spiro atoms. The maximum absolute atomic E-state index is 12.8. The predicted octanol–water partition coefficient (Wildman–Crippen LogP) is 5.24. The molecular weight excluding hydrogens is 422 g/mol. The van der Waals surface area contributed by atoms with Gasteiger partial charge in [0.1, 0.15) is 5.65 Å². The first-order valence-electron chi connectivity index (χ1n) is 10.0. The van der Waals surface area contributed by atoms with Crippen molar-refractivity contribution in [1.82, 2.24) is 19.5 Å². The number of pyridine rings is 1. The molecular formula is C24H19N5O2S. The third kappa shape index (κ3) is 4.26. The Balaban J connectivity index is 1.26. The molecule has 3 heterocycles. The topological polar surface area (TPSA) is 85.3 Å². The molecule has 2 aromatic carbocycles. The van der Waals surface area contributed by atoms with Gasteiger partial charge in [-0.1, -0.05) is 23.4 Å². The third-order valence-electron chi connectivity index (χ3n) is 4.86. The Bertz CT molecular complexity index is 1360. The molecule has 5 rings (SSSR count). The molecule has 0 saturated carbocycles. The standard InChI is InChI=1S/C24H19N5O2S/c1-16-25-23(28-31-16)20-6-2-3-7-21(20)27-24(30)17-9-11-19(12-10-17)32-15-18-14-29-13-5-4-8-22(29)26-18/h2-14H,15H2,1H3,(H,27,30). The average molecular weight is 442 g/mol. The van der Waals surface area contributed by atoms with E-state index in [1.165, 1.54) is 0 Å². The summed E-state index contributed by atoms with van der Waals surface area (Å²) in [4.78, 5) is 22.7. The van der Waals surface area contributed by atoms with Crippen LogP contribution < -0.4 is 5.32 Å². The van der Waals surface area contributed by atoms with Crippen LogP contribution in [-0.2, 0) is 5.75 Å². The molecule has 1 amide bonds. The van der Waals surface area contributed by atoms with Gasteiger partial charge in [0.25, 0.3) is 5.91 Å². The number of para-hydroxylation sites is 1. The number of carbonyl (C=O) groups is 1. The van der Waals surface area contributed by atoms with Crippen molar-refractivity contribution in [2.24, 2.45) is 0 Å². The summed E-state index contributed by atoms with van der Waals surface area (Å²) in [5, 5.41) is 6.90. The molecule has 0 saturated heterocycles. The first-order chi connectivity index (χ1) is 15.7. The minimum absolute atomic E-state index is 0.199. The third-order valence-corrected chi connectivity index (χ3v) is 5.91. The van der Waals surface area contributed by atoms with E-state index in [1.807, 2.05) is 83.5 Å². The summed E-state index contributed by atoms with van der Waals surface area (Å²) in [5.74, 6) is 1.47. The first-order valence-corrected chi connectivity index (χ1v) is 11.0. The van der Waals surface area contributed by atoms with E-state index in [1.54, 1.807) is 18.7 Å². The van der Waals surface area contributed by atoms with Crippen molar-refractivity contribution in [2.45, 2.75) is 17.6 Å². The number of aromatic nitrogens is 4. The van der Waals surface area contributed by atoms with Crippen molar-refractivity contribution in [3.63, 3.8) is 0 Å². The molecule has 0 unspecified atom stereocenters. The zero-order valence-electron chi connectivity index (χ0n) is 17.2. The van der Waals surface area contributed by atoms with Crippen LogP contribution >= 0.6 is 11.8 Å². The molecule has 5 aromatic rings. The number of thioether (sulfide) groups is 1. The lowest BCUT2D eigenvalue weighted by atomic mass is 10.1. The first kappa shape index (κ1) is 20.0. The molecule has 0 radical (unpaired) electrons. The number of anilines is 1. The summed E-state index contributed by atoms with van der Waals surface area (Å²) >= 11 is 1.68. The number of nitrogens with one attached hydrogen (secondary N) is 1. The van der Waals surface area contributed by atoms with Crippen molar-refractivity contribution in [2.75, 3.05) is 5.32 Å². The van der Waals surface area contributed by atoms with Crippen molar-refractivity contribution in [1.29, 1.82) is 0 Å². The highest BCUT2D eigenvalue weighted by Crippen LogP contribution is 2.27. The number of hydrogen-bond acceptors (Lipinski definition) is 6. The summed E-state index contributed by atoms with van der Waals surface area (Å²) in [5.41, 5.74) is 3.85. The van der Waals surface area contributed by atoms with Crippen molar-refractivity contribution < 1.29 is 9.32 Å². The van der Waals surface area contributed by atoms with E-state index < -0.39 is 0 Å². The number of benzene rings is 2. The Labute approximate surface area is 188 Å². The maximum Gasteiger partial charge on any atom is 0.255 e. The molecule has 7 nitrogen and oxygen atoms in total. The van der Waals surface area contributed by atoms with Gasteiger partial charge in [0.05, 0.1) is 11.4 Å². The second-order valence-electron chi connectivity index (χ2n) is 7.15. The van der Waals surface area contributed by atoms with E-state index in [-0.39, 0.29) is 5.91 Å². The summed E-state index contributed by atoms with van der Waals surface area (Å²) in [6.07, 6.45) is 4.02. The van der Waals surface area contributed by atoms with Crippen LogP contribution in [-0.4, -0.2) is 25.4 Å². The lowest BCUT2D eigenvalue weighted by molar-refractivity contribution is 0.102. The Morgan fingerprint density at radius 1 is 1.03 bits per heavy atom. The van der Waals surface area contributed by atoms with Gasteiger partial charge in [-0.3, -0.25) is 4.79 Å². The molecule has 0 aliphatic heterocycles. The van der Waals surface area contributed by atoms with Crippen molar-refractivity contribution in [3.05, 3.63) is 96.3 Å². The maximum atomic E-state index is 12.8. The fourth-order valence-electron chi connectivity index (χ4n) is 3.31. The van der Waals surface area contributed by atoms with Gasteiger partial charge in [-0.2, -0.15) is 4.98 Å². The van der Waals surface area contributed by atoms with Crippen LogP contribution in [0.3, 0.4) is 0 Å². The van der Waals surface area contributed by atoms with Crippen molar-refractivity contribution >= 4 is 29.0 Å². The SMILES string of the molecule is Cc1nc(-c2ccccc2NC(=O)c2ccc(SCc3cn4ccccc4n3)cc2)no1. The fraction of sp³-hybridized carbons (Fsp3) is 0.0833. The van der Waals surface area contributed by atoms with E-state index in [2.05, 4.69) is 20.4 Å². The lowest BCUT2D eigenvalue weighted by Crippen LogP contribution is -2.12. The molecule has 0 aliphatic rings. The van der Waals surface area contributed by atoms with Crippen LogP contribution in [0.25, 0.3) is 17.0 Å².